The second-order valence-electron chi connectivity index (χ2n) is 8.34. The van der Waals surface area contributed by atoms with Gasteiger partial charge in [0.1, 0.15) is 12.3 Å². The highest BCUT2D eigenvalue weighted by atomic mass is 16.5. The number of aromatic nitrogens is 1. The molecule has 7 nitrogen and oxygen atoms in total. The number of rotatable bonds is 14. The first kappa shape index (κ1) is 26.5. The molecule has 7 heteroatoms. The van der Waals surface area contributed by atoms with Crippen molar-refractivity contribution < 1.29 is 19.1 Å². The van der Waals surface area contributed by atoms with Crippen LogP contribution in [-0.4, -0.2) is 65.6 Å². The minimum atomic E-state index is -0.150. The normalized spacial score (nSPS) is 11.8. The predicted molar refractivity (Wildman–Crippen MR) is 130 cm³/mol. The van der Waals surface area contributed by atoms with Crippen LogP contribution in [-0.2, 0) is 23.1 Å². The van der Waals surface area contributed by atoms with Crippen LogP contribution in [0.5, 0.6) is 5.75 Å². The molecule has 1 heterocycles. The fourth-order valence-electron chi connectivity index (χ4n) is 3.44. The Morgan fingerprint density at radius 2 is 1.82 bits per heavy atom. The molecule has 0 aliphatic rings. The maximum atomic E-state index is 13.3. The minimum absolute atomic E-state index is 0.0245. The summed E-state index contributed by atoms with van der Waals surface area (Å²) in [6.45, 7) is 8.17. The minimum Gasteiger partial charge on any atom is -0.494 e. The Hall–Kier alpha value is -2.80. The Bertz CT molecular complexity index is 863. The number of carbonyl (C=O) groups is 2. The standard InChI is InChI=1S/C26H39N3O4/c1-6-8-17-33-24-13-11-22(12-14-24)26(31)29(21(3)7-2)20-25(30)28(16-18-32-5)19-23-10-9-15-27(23)4/h9-15,21H,6-8,16-20H2,1-5H3. The van der Waals surface area contributed by atoms with Crippen LogP contribution in [0.1, 0.15) is 56.1 Å². The predicted octanol–water partition coefficient (Wildman–Crippen LogP) is 4.12. The van der Waals surface area contributed by atoms with Gasteiger partial charge < -0.3 is 23.8 Å². The quantitative estimate of drug-likeness (QED) is 0.400. The lowest BCUT2D eigenvalue weighted by Crippen LogP contribution is -2.47. The van der Waals surface area contributed by atoms with E-state index in [0.717, 1.165) is 30.7 Å². The number of benzene rings is 1. The summed E-state index contributed by atoms with van der Waals surface area (Å²) in [6, 6.07) is 11.1. The van der Waals surface area contributed by atoms with E-state index >= 15 is 0 Å². The first-order valence-electron chi connectivity index (χ1n) is 11.8. The largest absolute Gasteiger partial charge is 0.494 e. The Morgan fingerprint density at radius 1 is 1.09 bits per heavy atom. The lowest BCUT2D eigenvalue weighted by Gasteiger charge is -2.31. The Labute approximate surface area is 198 Å². The molecule has 1 aromatic carbocycles. The summed E-state index contributed by atoms with van der Waals surface area (Å²) in [6.07, 6.45) is 4.78. The molecule has 0 saturated heterocycles. The van der Waals surface area contributed by atoms with E-state index in [-0.39, 0.29) is 24.4 Å². The van der Waals surface area contributed by atoms with Gasteiger partial charge in [0.05, 0.1) is 19.8 Å². The van der Waals surface area contributed by atoms with Crippen LogP contribution in [0.25, 0.3) is 0 Å². The molecule has 0 fully saturated rings. The van der Waals surface area contributed by atoms with Crippen LogP contribution >= 0.6 is 0 Å². The van der Waals surface area contributed by atoms with Gasteiger partial charge in [-0.25, -0.2) is 0 Å². The maximum Gasteiger partial charge on any atom is 0.254 e. The third kappa shape index (κ3) is 7.93. The fraction of sp³-hybridized carbons (Fsp3) is 0.538. The lowest BCUT2D eigenvalue weighted by molar-refractivity contribution is -0.133. The van der Waals surface area contributed by atoms with Gasteiger partial charge in [0.25, 0.3) is 5.91 Å². The summed E-state index contributed by atoms with van der Waals surface area (Å²) in [7, 11) is 3.58. The zero-order valence-corrected chi connectivity index (χ0v) is 20.8. The average molecular weight is 458 g/mol. The molecule has 0 saturated carbocycles. The molecule has 2 rings (SSSR count). The number of nitrogens with zero attached hydrogens (tertiary/aromatic N) is 3. The Balaban J connectivity index is 2.14. The molecule has 2 aromatic rings. The Kier molecular flexibility index (Phi) is 11.0. The summed E-state index contributed by atoms with van der Waals surface area (Å²) < 4.78 is 12.9. The number of unbranched alkanes of at least 4 members (excludes halogenated alkanes) is 1. The van der Waals surface area contributed by atoms with E-state index in [2.05, 4.69) is 6.92 Å². The monoisotopic (exact) mass is 457 g/mol. The summed E-state index contributed by atoms with van der Waals surface area (Å²) in [5.74, 6) is 0.504. The molecule has 0 spiro atoms. The fourth-order valence-corrected chi connectivity index (χ4v) is 3.44. The van der Waals surface area contributed by atoms with Crippen molar-refractivity contribution in [1.82, 2.24) is 14.4 Å². The lowest BCUT2D eigenvalue weighted by atomic mass is 10.1. The zero-order chi connectivity index (χ0) is 24.2. The third-order valence-electron chi connectivity index (χ3n) is 5.88. The second kappa shape index (κ2) is 13.7. The molecule has 2 amide bonds. The smallest absolute Gasteiger partial charge is 0.254 e. The van der Waals surface area contributed by atoms with Crippen molar-refractivity contribution in [2.75, 3.05) is 33.4 Å². The number of amides is 2. The molecular formula is C26H39N3O4. The van der Waals surface area contributed by atoms with Crippen molar-refractivity contribution in [2.45, 2.75) is 52.6 Å². The summed E-state index contributed by atoms with van der Waals surface area (Å²) in [5.41, 5.74) is 1.58. The maximum absolute atomic E-state index is 13.3. The van der Waals surface area contributed by atoms with Gasteiger partial charge in [0.2, 0.25) is 5.91 Å². The summed E-state index contributed by atoms with van der Waals surface area (Å²) >= 11 is 0. The topological polar surface area (TPSA) is 64.0 Å². The highest BCUT2D eigenvalue weighted by Crippen LogP contribution is 2.17. The van der Waals surface area contributed by atoms with Gasteiger partial charge in [-0.2, -0.15) is 0 Å². The number of methoxy groups -OCH3 is 1. The van der Waals surface area contributed by atoms with E-state index in [0.29, 0.717) is 31.9 Å². The summed E-state index contributed by atoms with van der Waals surface area (Å²) in [4.78, 5) is 30.1. The van der Waals surface area contributed by atoms with E-state index in [1.54, 1.807) is 29.0 Å². The third-order valence-corrected chi connectivity index (χ3v) is 5.88. The molecule has 0 aliphatic heterocycles. The molecule has 1 aromatic heterocycles. The van der Waals surface area contributed by atoms with Crippen LogP contribution in [0.3, 0.4) is 0 Å². The molecular weight excluding hydrogens is 418 g/mol. The molecule has 0 aliphatic carbocycles. The van der Waals surface area contributed by atoms with Gasteiger partial charge in [-0.1, -0.05) is 20.3 Å². The van der Waals surface area contributed by atoms with Gasteiger partial charge in [0, 0.05) is 44.2 Å². The van der Waals surface area contributed by atoms with E-state index < -0.39 is 0 Å². The average Bonchev–Trinajstić information content (AvgIpc) is 3.23. The number of hydrogen-bond acceptors (Lipinski definition) is 4. The van der Waals surface area contributed by atoms with E-state index in [4.69, 9.17) is 9.47 Å². The van der Waals surface area contributed by atoms with Crippen molar-refractivity contribution in [1.29, 1.82) is 0 Å². The molecule has 182 valence electrons. The Morgan fingerprint density at radius 3 is 2.39 bits per heavy atom. The highest BCUT2D eigenvalue weighted by Gasteiger charge is 2.26. The number of ether oxygens (including phenoxy) is 2. The molecule has 0 N–H and O–H groups in total. The number of hydrogen-bond donors (Lipinski definition) is 0. The zero-order valence-electron chi connectivity index (χ0n) is 20.8. The molecule has 0 radical (unpaired) electrons. The SMILES string of the molecule is CCCCOc1ccc(C(=O)N(CC(=O)N(CCOC)Cc2cccn2C)C(C)CC)cc1. The van der Waals surface area contributed by atoms with Crippen LogP contribution in [0, 0.1) is 0 Å². The van der Waals surface area contributed by atoms with E-state index in [1.807, 2.05) is 55.9 Å². The van der Waals surface area contributed by atoms with Crippen molar-refractivity contribution in [3.05, 3.63) is 53.9 Å². The molecule has 33 heavy (non-hydrogen) atoms. The molecule has 1 atom stereocenters. The van der Waals surface area contributed by atoms with Crippen LogP contribution < -0.4 is 4.74 Å². The number of aryl methyl sites for hydroxylation is 1. The van der Waals surface area contributed by atoms with Gasteiger partial charge in [-0.05, 0) is 56.2 Å². The van der Waals surface area contributed by atoms with E-state index in [1.165, 1.54) is 0 Å². The van der Waals surface area contributed by atoms with Crippen molar-refractivity contribution >= 4 is 11.8 Å². The van der Waals surface area contributed by atoms with Gasteiger partial charge >= 0.3 is 0 Å². The first-order chi connectivity index (χ1) is 15.9. The molecule has 1 unspecified atom stereocenters. The summed E-state index contributed by atoms with van der Waals surface area (Å²) in [5, 5.41) is 0. The van der Waals surface area contributed by atoms with Crippen LogP contribution in [0.2, 0.25) is 0 Å². The van der Waals surface area contributed by atoms with Crippen molar-refractivity contribution in [2.24, 2.45) is 7.05 Å². The number of carbonyl (C=O) groups excluding carboxylic acids is 2. The first-order valence-corrected chi connectivity index (χ1v) is 11.8. The van der Waals surface area contributed by atoms with Gasteiger partial charge in [-0.3, -0.25) is 9.59 Å². The second-order valence-corrected chi connectivity index (χ2v) is 8.34. The van der Waals surface area contributed by atoms with Gasteiger partial charge in [0.15, 0.2) is 0 Å². The molecule has 0 bridgehead atoms. The van der Waals surface area contributed by atoms with Crippen LogP contribution in [0.15, 0.2) is 42.6 Å². The highest BCUT2D eigenvalue weighted by molar-refractivity contribution is 5.96. The van der Waals surface area contributed by atoms with Crippen molar-refractivity contribution in [3.63, 3.8) is 0 Å². The van der Waals surface area contributed by atoms with Gasteiger partial charge in [-0.15, -0.1) is 0 Å². The van der Waals surface area contributed by atoms with E-state index in [9.17, 15) is 9.59 Å². The van der Waals surface area contributed by atoms with Crippen LogP contribution in [0.4, 0.5) is 0 Å². The van der Waals surface area contributed by atoms with Crippen molar-refractivity contribution in [3.8, 4) is 5.75 Å².